The Morgan fingerprint density at radius 1 is 1.21 bits per heavy atom. The first-order valence-electron chi connectivity index (χ1n) is 6.61. The Morgan fingerprint density at radius 3 is 2.42 bits per heavy atom. The zero-order valence-electron chi connectivity index (χ0n) is 11.2. The summed E-state index contributed by atoms with van der Waals surface area (Å²) >= 11 is 1.69. The highest BCUT2D eigenvalue weighted by atomic mass is 32.1. The Hall–Kier alpha value is -1.66. The van der Waals surface area contributed by atoms with Crippen LogP contribution in [0.2, 0.25) is 0 Å². The molecule has 19 heavy (non-hydrogen) atoms. The van der Waals surface area contributed by atoms with E-state index in [4.69, 9.17) is 4.98 Å². The predicted octanol–water partition coefficient (Wildman–Crippen LogP) is 4.37. The van der Waals surface area contributed by atoms with E-state index in [1.54, 1.807) is 11.3 Å². The van der Waals surface area contributed by atoms with Gasteiger partial charge < -0.3 is 0 Å². The van der Waals surface area contributed by atoms with E-state index in [1.165, 1.54) is 10.4 Å². The molecule has 1 aromatic heterocycles. The maximum absolute atomic E-state index is 9.41. The van der Waals surface area contributed by atoms with Gasteiger partial charge in [-0.05, 0) is 33.1 Å². The largest absolute Gasteiger partial charge is 0.239 e. The third kappa shape index (κ3) is 1.97. The van der Waals surface area contributed by atoms with E-state index in [0.717, 1.165) is 35.5 Å². The summed E-state index contributed by atoms with van der Waals surface area (Å²) in [7, 11) is 0. The van der Waals surface area contributed by atoms with Crippen LogP contribution in [-0.4, -0.2) is 4.98 Å². The molecular formula is C16H16N2S. The zero-order chi connectivity index (χ0) is 13.5. The Kier molecular flexibility index (Phi) is 2.91. The second-order valence-corrected chi connectivity index (χ2v) is 6.54. The van der Waals surface area contributed by atoms with Gasteiger partial charge in [0.05, 0.1) is 11.8 Å². The van der Waals surface area contributed by atoms with Gasteiger partial charge in [-0.2, -0.15) is 5.26 Å². The molecule has 0 saturated heterocycles. The highest BCUT2D eigenvalue weighted by molar-refractivity contribution is 7.12. The van der Waals surface area contributed by atoms with Crippen LogP contribution >= 0.6 is 11.3 Å². The van der Waals surface area contributed by atoms with Gasteiger partial charge in [0, 0.05) is 10.4 Å². The molecule has 1 fully saturated rings. The molecule has 0 bridgehead atoms. The Labute approximate surface area is 117 Å². The van der Waals surface area contributed by atoms with Crippen molar-refractivity contribution in [1.29, 1.82) is 5.26 Å². The molecule has 0 N–H and O–H groups in total. The number of thiazole rings is 1. The lowest BCUT2D eigenvalue weighted by molar-refractivity contribution is 0.323. The molecule has 0 atom stereocenters. The SMILES string of the molecule is Cc1ccc(-c2nc(C3(C#N)CCC3)sc2C)cc1. The molecule has 0 amide bonds. The Balaban J connectivity index is 2.03. The standard InChI is InChI=1S/C16H16N2S/c1-11-4-6-13(7-5-11)14-12(2)19-15(18-14)16(10-17)8-3-9-16/h4-7H,3,8-9H2,1-2H3. The maximum Gasteiger partial charge on any atom is 0.114 e. The van der Waals surface area contributed by atoms with Crippen molar-refractivity contribution >= 4 is 11.3 Å². The summed E-state index contributed by atoms with van der Waals surface area (Å²) in [6.07, 6.45) is 3.07. The normalized spacial score (nSPS) is 16.7. The fourth-order valence-corrected chi connectivity index (χ4v) is 3.62. The highest BCUT2D eigenvalue weighted by Crippen LogP contribution is 2.46. The van der Waals surface area contributed by atoms with E-state index in [2.05, 4.69) is 44.2 Å². The minimum absolute atomic E-state index is 0.293. The zero-order valence-corrected chi connectivity index (χ0v) is 12.0. The van der Waals surface area contributed by atoms with Gasteiger partial charge in [0.15, 0.2) is 0 Å². The maximum atomic E-state index is 9.41. The number of aromatic nitrogens is 1. The van der Waals surface area contributed by atoms with Gasteiger partial charge in [-0.25, -0.2) is 4.98 Å². The lowest BCUT2D eigenvalue weighted by Crippen LogP contribution is -2.32. The number of aryl methyl sites for hydroxylation is 2. The van der Waals surface area contributed by atoms with Crippen molar-refractivity contribution in [2.24, 2.45) is 0 Å². The monoisotopic (exact) mass is 268 g/mol. The Bertz CT molecular complexity index is 642. The van der Waals surface area contributed by atoms with Gasteiger partial charge in [0.25, 0.3) is 0 Å². The van der Waals surface area contributed by atoms with E-state index in [9.17, 15) is 5.26 Å². The molecule has 1 aromatic carbocycles. The van der Waals surface area contributed by atoms with Crippen molar-refractivity contribution in [1.82, 2.24) is 4.98 Å². The third-order valence-corrected chi connectivity index (χ3v) is 5.13. The van der Waals surface area contributed by atoms with Crippen molar-refractivity contribution in [3.05, 3.63) is 39.7 Å². The molecule has 1 heterocycles. The van der Waals surface area contributed by atoms with Crippen LogP contribution in [0, 0.1) is 25.2 Å². The van der Waals surface area contributed by atoms with Crippen LogP contribution in [0.25, 0.3) is 11.3 Å². The topological polar surface area (TPSA) is 36.7 Å². The molecule has 1 saturated carbocycles. The molecule has 1 aliphatic carbocycles. The first-order valence-corrected chi connectivity index (χ1v) is 7.42. The number of hydrogen-bond acceptors (Lipinski definition) is 3. The van der Waals surface area contributed by atoms with Crippen LogP contribution in [0.15, 0.2) is 24.3 Å². The quantitative estimate of drug-likeness (QED) is 0.810. The van der Waals surface area contributed by atoms with Crippen molar-refractivity contribution in [3.63, 3.8) is 0 Å². The summed E-state index contributed by atoms with van der Waals surface area (Å²) in [5.41, 5.74) is 3.15. The number of nitrogens with zero attached hydrogens (tertiary/aromatic N) is 2. The lowest BCUT2D eigenvalue weighted by Gasteiger charge is -2.32. The molecule has 0 spiro atoms. The minimum Gasteiger partial charge on any atom is -0.239 e. The smallest absolute Gasteiger partial charge is 0.114 e. The van der Waals surface area contributed by atoms with Gasteiger partial charge in [-0.3, -0.25) is 0 Å². The molecular weight excluding hydrogens is 252 g/mol. The molecule has 1 aliphatic rings. The van der Waals surface area contributed by atoms with Crippen LogP contribution in [-0.2, 0) is 5.41 Å². The van der Waals surface area contributed by atoms with Gasteiger partial charge in [0.1, 0.15) is 10.4 Å². The van der Waals surface area contributed by atoms with E-state index < -0.39 is 0 Å². The fraction of sp³-hybridized carbons (Fsp3) is 0.375. The first kappa shape index (κ1) is 12.4. The van der Waals surface area contributed by atoms with E-state index in [0.29, 0.717) is 0 Å². The molecule has 0 aliphatic heterocycles. The number of nitriles is 1. The van der Waals surface area contributed by atoms with Gasteiger partial charge in [-0.15, -0.1) is 11.3 Å². The van der Waals surface area contributed by atoms with Crippen LogP contribution in [0.3, 0.4) is 0 Å². The van der Waals surface area contributed by atoms with Gasteiger partial charge in [0.2, 0.25) is 0 Å². The molecule has 2 aromatic rings. The first-order chi connectivity index (χ1) is 9.14. The van der Waals surface area contributed by atoms with Crippen molar-refractivity contribution in [3.8, 4) is 17.3 Å². The summed E-state index contributed by atoms with van der Waals surface area (Å²) in [4.78, 5) is 5.98. The minimum atomic E-state index is -0.293. The molecule has 0 unspecified atom stereocenters. The fourth-order valence-electron chi connectivity index (χ4n) is 2.48. The summed E-state index contributed by atoms with van der Waals surface area (Å²) < 4.78 is 0. The summed E-state index contributed by atoms with van der Waals surface area (Å²) in [5, 5.41) is 10.4. The van der Waals surface area contributed by atoms with Gasteiger partial charge >= 0.3 is 0 Å². The third-order valence-electron chi connectivity index (χ3n) is 3.95. The molecule has 2 nitrogen and oxygen atoms in total. The van der Waals surface area contributed by atoms with Gasteiger partial charge in [-0.1, -0.05) is 29.8 Å². The lowest BCUT2D eigenvalue weighted by atomic mass is 9.70. The molecule has 96 valence electrons. The molecule has 0 radical (unpaired) electrons. The number of hydrogen-bond donors (Lipinski definition) is 0. The Morgan fingerprint density at radius 2 is 1.89 bits per heavy atom. The van der Waals surface area contributed by atoms with Crippen molar-refractivity contribution in [2.45, 2.75) is 38.5 Å². The summed E-state index contributed by atoms with van der Waals surface area (Å²) in [6.45, 7) is 4.18. The van der Waals surface area contributed by atoms with Crippen molar-refractivity contribution < 1.29 is 0 Å². The average Bonchev–Trinajstić information content (AvgIpc) is 2.72. The second-order valence-electron chi connectivity index (χ2n) is 5.34. The number of benzene rings is 1. The van der Waals surface area contributed by atoms with E-state index in [-0.39, 0.29) is 5.41 Å². The van der Waals surface area contributed by atoms with Crippen LogP contribution < -0.4 is 0 Å². The van der Waals surface area contributed by atoms with Crippen LogP contribution in [0.1, 0.15) is 34.7 Å². The number of rotatable bonds is 2. The summed E-state index contributed by atoms with van der Waals surface area (Å²) in [6, 6.07) is 10.9. The average molecular weight is 268 g/mol. The van der Waals surface area contributed by atoms with E-state index in [1.807, 2.05) is 0 Å². The van der Waals surface area contributed by atoms with Crippen molar-refractivity contribution in [2.75, 3.05) is 0 Å². The summed E-state index contributed by atoms with van der Waals surface area (Å²) in [5.74, 6) is 0. The highest BCUT2D eigenvalue weighted by Gasteiger charge is 2.42. The van der Waals surface area contributed by atoms with Crippen LogP contribution in [0.4, 0.5) is 0 Å². The molecule has 3 rings (SSSR count). The second kappa shape index (κ2) is 4.47. The predicted molar refractivity (Wildman–Crippen MR) is 78.2 cm³/mol. The van der Waals surface area contributed by atoms with E-state index >= 15 is 0 Å². The van der Waals surface area contributed by atoms with Crippen LogP contribution in [0.5, 0.6) is 0 Å². The molecule has 3 heteroatoms.